The molecule has 0 unspecified atom stereocenters. The van der Waals surface area contributed by atoms with Crippen molar-refractivity contribution in [1.29, 1.82) is 0 Å². The van der Waals surface area contributed by atoms with E-state index in [1.54, 1.807) is 37.6 Å². The van der Waals surface area contributed by atoms with Crippen molar-refractivity contribution in [2.75, 3.05) is 15.8 Å². The molecular formula is C22H20F2N6O3S. The minimum absolute atomic E-state index is 0.258. The number of ketones is 1. The number of halogens is 2. The molecule has 3 heterocycles. The Labute approximate surface area is 193 Å². The van der Waals surface area contributed by atoms with Crippen LogP contribution in [0.15, 0.2) is 48.9 Å². The van der Waals surface area contributed by atoms with Crippen molar-refractivity contribution in [2.24, 2.45) is 0 Å². The van der Waals surface area contributed by atoms with Gasteiger partial charge in [0, 0.05) is 25.1 Å². The van der Waals surface area contributed by atoms with Gasteiger partial charge in [-0.15, -0.1) is 0 Å². The van der Waals surface area contributed by atoms with Crippen molar-refractivity contribution in [3.05, 3.63) is 77.5 Å². The van der Waals surface area contributed by atoms with Crippen LogP contribution in [0.2, 0.25) is 0 Å². The lowest BCUT2D eigenvalue weighted by Crippen LogP contribution is -2.19. The van der Waals surface area contributed by atoms with Gasteiger partial charge in [-0.3, -0.25) is 14.5 Å². The molecule has 0 amide bonds. The van der Waals surface area contributed by atoms with E-state index in [-0.39, 0.29) is 17.2 Å². The smallest absolute Gasteiger partial charge is 0.236 e. The third-order valence-electron chi connectivity index (χ3n) is 4.86. The second-order valence-electron chi connectivity index (χ2n) is 7.38. The molecule has 0 aliphatic carbocycles. The second kappa shape index (κ2) is 9.51. The van der Waals surface area contributed by atoms with Gasteiger partial charge in [-0.2, -0.15) is 0 Å². The number of hydrogen-bond acceptors (Lipinski definition) is 7. The van der Waals surface area contributed by atoms with Gasteiger partial charge in [-0.1, -0.05) is 13.0 Å². The number of sulfonamides is 1. The average molecular weight is 487 g/mol. The maximum absolute atomic E-state index is 15.1. The minimum atomic E-state index is -3.86. The van der Waals surface area contributed by atoms with E-state index in [0.717, 1.165) is 17.7 Å². The highest BCUT2D eigenvalue weighted by Gasteiger charge is 2.26. The summed E-state index contributed by atoms with van der Waals surface area (Å²) in [6.45, 7) is 1.97. The van der Waals surface area contributed by atoms with Crippen LogP contribution >= 0.6 is 0 Å². The van der Waals surface area contributed by atoms with Crippen molar-refractivity contribution in [1.82, 2.24) is 19.9 Å². The van der Waals surface area contributed by atoms with E-state index in [1.807, 2.05) is 10.8 Å². The molecule has 3 N–H and O–H groups in total. The Hall–Kier alpha value is -3.93. The summed E-state index contributed by atoms with van der Waals surface area (Å²) in [6.07, 6.45) is 5.18. The van der Waals surface area contributed by atoms with Crippen LogP contribution in [0.4, 0.5) is 20.3 Å². The van der Waals surface area contributed by atoms with Gasteiger partial charge in [0.1, 0.15) is 17.3 Å². The van der Waals surface area contributed by atoms with Crippen molar-refractivity contribution in [3.63, 3.8) is 0 Å². The van der Waals surface area contributed by atoms with Crippen LogP contribution in [0.3, 0.4) is 0 Å². The summed E-state index contributed by atoms with van der Waals surface area (Å²) in [5, 5.41) is 3.65. The van der Waals surface area contributed by atoms with Crippen LogP contribution in [0.1, 0.15) is 35.1 Å². The van der Waals surface area contributed by atoms with E-state index >= 15 is 4.39 Å². The molecule has 0 aliphatic rings. The number of carbonyl (C=O) groups excluding carboxylic acids is 1. The van der Waals surface area contributed by atoms with E-state index in [2.05, 4.69) is 25.3 Å². The molecule has 1 aromatic carbocycles. The quantitative estimate of drug-likeness (QED) is 0.308. The van der Waals surface area contributed by atoms with Crippen molar-refractivity contribution in [3.8, 4) is 0 Å². The second-order valence-corrected chi connectivity index (χ2v) is 9.23. The molecule has 0 spiro atoms. The van der Waals surface area contributed by atoms with Crippen LogP contribution in [-0.4, -0.2) is 39.9 Å². The van der Waals surface area contributed by atoms with Crippen molar-refractivity contribution in [2.45, 2.75) is 19.9 Å². The molecule has 4 rings (SSSR count). The van der Waals surface area contributed by atoms with Gasteiger partial charge in [-0.25, -0.2) is 27.2 Å². The number of hydrogen-bond donors (Lipinski definition) is 3. The van der Waals surface area contributed by atoms with E-state index in [9.17, 15) is 17.6 Å². The first-order chi connectivity index (χ1) is 16.3. The number of nitrogens with zero attached hydrogens (tertiary/aromatic N) is 3. The summed E-state index contributed by atoms with van der Waals surface area (Å²) in [7, 11) is -3.86. The number of aromatic amines is 1. The Bertz CT molecular complexity index is 1460. The summed E-state index contributed by atoms with van der Waals surface area (Å²) >= 11 is 0. The number of benzene rings is 1. The zero-order valence-electron chi connectivity index (χ0n) is 18.0. The highest BCUT2D eigenvalue weighted by molar-refractivity contribution is 7.92. The largest absolute Gasteiger partial charge is 0.365 e. The lowest BCUT2D eigenvalue weighted by Gasteiger charge is -2.12. The van der Waals surface area contributed by atoms with E-state index in [4.69, 9.17) is 0 Å². The molecule has 0 radical (unpaired) electrons. The molecule has 0 saturated carbocycles. The fraction of sp³-hybridized carbons (Fsp3) is 0.182. The molecule has 9 nitrogen and oxygen atoms in total. The number of rotatable bonds is 9. The van der Waals surface area contributed by atoms with Crippen molar-refractivity contribution < 1.29 is 22.0 Å². The number of fused-ring (bicyclic) bond motifs is 1. The SMILES string of the molecule is CCCS(=O)(=O)Nc1ccc(F)c(C(=O)c2nc(NCc3cccnc3)c3cc[nH]c3n2)c1F. The molecule has 176 valence electrons. The predicted octanol–water partition coefficient (Wildman–Crippen LogP) is 3.63. The molecule has 0 aliphatic heterocycles. The number of H-pyrrole nitrogens is 1. The monoisotopic (exact) mass is 486 g/mol. The average Bonchev–Trinajstić information content (AvgIpc) is 3.29. The molecule has 3 aromatic heterocycles. The van der Waals surface area contributed by atoms with Crippen molar-refractivity contribution >= 4 is 38.3 Å². The van der Waals surface area contributed by atoms with Crippen LogP contribution < -0.4 is 10.0 Å². The van der Waals surface area contributed by atoms with Crippen LogP contribution in [0.25, 0.3) is 11.0 Å². The zero-order chi connectivity index (χ0) is 24.3. The molecule has 0 saturated heterocycles. The Morgan fingerprint density at radius 1 is 1.15 bits per heavy atom. The Morgan fingerprint density at radius 3 is 2.71 bits per heavy atom. The first-order valence-electron chi connectivity index (χ1n) is 10.3. The first-order valence-corrected chi connectivity index (χ1v) is 12.0. The van der Waals surface area contributed by atoms with Gasteiger partial charge in [0.05, 0.1) is 22.4 Å². The van der Waals surface area contributed by atoms with Gasteiger partial charge >= 0.3 is 0 Å². The van der Waals surface area contributed by atoms with Gasteiger partial charge in [0.25, 0.3) is 0 Å². The summed E-state index contributed by atoms with van der Waals surface area (Å²) in [4.78, 5) is 28.3. The highest BCUT2D eigenvalue weighted by atomic mass is 32.2. The maximum Gasteiger partial charge on any atom is 0.236 e. The number of anilines is 2. The summed E-state index contributed by atoms with van der Waals surface area (Å²) in [6, 6.07) is 7.04. The molecule has 34 heavy (non-hydrogen) atoms. The fourth-order valence-corrected chi connectivity index (χ4v) is 4.44. The Balaban J connectivity index is 1.71. The molecule has 4 aromatic rings. The third-order valence-corrected chi connectivity index (χ3v) is 6.33. The Morgan fingerprint density at radius 2 is 1.97 bits per heavy atom. The fourth-order valence-electron chi connectivity index (χ4n) is 3.30. The van der Waals surface area contributed by atoms with Gasteiger partial charge in [0.2, 0.25) is 21.6 Å². The van der Waals surface area contributed by atoms with E-state index in [1.165, 1.54) is 0 Å². The van der Waals surface area contributed by atoms with Crippen LogP contribution in [-0.2, 0) is 16.6 Å². The van der Waals surface area contributed by atoms with Gasteiger partial charge in [-0.05, 0) is 36.2 Å². The van der Waals surface area contributed by atoms with Crippen LogP contribution in [0, 0.1) is 11.6 Å². The molecular weight excluding hydrogens is 466 g/mol. The molecule has 0 atom stereocenters. The summed E-state index contributed by atoms with van der Waals surface area (Å²) < 4.78 is 55.8. The Kier molecular flexibility index (Phi) is 6.50. The maximum atomic E-state index is 15.1. The number of nitrogens with one attached hydrogen (secondary N) is 3. The van der Waals surface area contributed by atoms with E-state index < -0.39 is 44.5 Å². The predicted molar refractivity (Wildman–Crippen MR) is 123 cm³/mol. The molecule has 0 bridgehead atoms. The van der Waals surface area contributed by atoms with Gasteiger partial charge in [0.15, 0.2) is 5.82 Å². The normalized spacial score (nSPS) is 11.5. The van der Waals surface area contributed by atoms with Crippen LogP contribution in [0.5, 0.6) is 0 Å². The first kappa shape index (κ1) is 23.2. The molecule has 0 fully saturated rings. The minimum Gasteiger partial charge on any atom is -0.365 e. The number of pyridine rings is 1. The number of aromatic nitrogens is 4. The lowest BCUT2D eigenvalue weighted by molar-refractivity contribution is 0.102. The summed E-state index contributed by atoms with van der Waals surface area (Å²) in [5.41, 5.74) is -0.357. The highest BCUT2D eigenvalue weighted by Crippen LogP contribution is 2.26. The number of carbonyl (C=O) groups is 1. The standard InChI is InChI=1S/C22H20F2N6O3S/c1-2-10-34(32,33)30-16-6-5-15(23)17(18(16)24)19(31)22-28-20-14(7-9-26-20)21(29-22)27-12-13-4-3-8-25-11-13/h3-9,11,30H,2,10,12H2,1H3,(H2,26,27,28,29). The topological polar surface area (TPSA) is 130 Å². The summed E-state index contributed by atoms with van der Waals surface area (Å²) in [5.74, 6) is -4.08. The van der Waals surface area contributed by atoms with Gasteiger partial charge < -0.3 is 10.3 Å². The van der Waals surface area contributed by atoms with E-state index in [0.29, 0.717) is 18.4 Å². The lowest BCUT2D eigenvalue weighted by atomic mass is 10.1. The zero-order valence-corrected chi connectivity index (χ0v) is 18.8. The third kappa shape index (κ3) is 4.86. The molecule has 12 heteroatoms.